The molecule has 0 unspecified atom stereocenters. The van der Waals surface area contributed by atoms with E-state index in [1.165, 1.54) is 17.4 Å². The van der Waals surface area contributed by atoms with Crippen LogP contribution in [0.5, 0.6) is 0 Å². The highest BCUT2D eigenvalue weighted by Gasteiger charge is 2.35. The lowest BCUT2D eigenvalue weighted by Crippen LogP contribution is -2.33. The van der Waals surface area contributed by atoms with Gasteiger partial charge in [-0.2, -0.15) is 0 Å². The van der Waals surface area contributed by atoms with Crippen molar-refractivity contribution in [3.8, 4) is 10.7 Å². The molecular formula is C20H17ClFN3OS. The van der Waals surface area contributed by atoms with Gasteiger partial charge in [0.2, 0.25) is 0 Å². The summed E-state index contributed by atoms with van der Waals surface area (Å²) >= 11 is 7.49. The molecule has 4 nitrogen and oxygen atoms in total. The normalized spacial score (nSPS) is 13.6. The minimum absolute atomic E-state index is 0.118. The van der Waals surface area contributed by atoms with Gasteiger partial charge in [0, 0.05) is 22.8 Å². The predicted octanol–water partition coefficient (Wildman–Crippen LogP) is 5.11. The Morgan fingerprint density at radius 2 is 2.11 bits per heavy atom. The number of nitrogens with zero attached hydrogens (tertiary/aromatic N) is 3. The van der Waals surface area contributed by atoms with Gasteiger partial charge in [-0.3, -0.25) is 9.78 Å². The summed E-state index contributed by atoms with van der Waals surface area (Å²) < 4.78 is 14.2. The molecule has 1 aliphatic carbocycles. The molecule has 3 aromatic rings. The van der Waals surface area contributed by atoms with E-state index in [0.717, 1.165) is 18.5 Å². The lowest BCUT2D eigenvalue weighted by molar-refractivity contribution is 0.0732. The molecule has 0 atom stereocenters. The Balaban J connectivity index is 1.65. The fourth-order valence-corrected chi connectivity index (χ4v) is 4.15. The zero-order valence-electron chi connectivity index (χ0n) is 14.7. The molecule has 138 valence electrons. The zero-order valence-corrected chi connectivity index (χ0v) is 16.2. The largest absolute Gasteiger partial charge is 0.330 e. The van der Waals surface area contributed by atoms with Crippen molar-refractivity contribution in [1.29, 1.82) is 0 Å². The van der Waals surface area contributed by atoms with Crippen molar-refractivity contribution in [1.82, 2.24) is 14.9 Å². The molecule has 0 radical (unpaired) electrons. The van der Waals surface area contributed by atoms with Gasteiger partial charge in [0.1, 0.15) is 15.7 Å². The first-order valence-electron chi connectivity index (χ1n) is 8.67. The van der Waals surface area contributed by atoms with Gasteiger partial charge in [-0.1, -0.05) is 23.7 Å². The van der Waals surface area contributed by atoms with Crippen LogP contribution >= 0.6 is 22.9 Å². The topological polar surface area (TPSA) is 46.1 Å². The fraction of sp³-hybridized carbons (Fsp3) is 0.250. The van der Waals surface area contributed by atoms with Crippen molar-refractivity contribution in [3.63, 3.8) is 0 Å². The van der Waals surface area contributed by atoms with Crippen LogP contribution in [0.3, 0.4) is 0 Å². The van der Waals surface area contributed by atoms with Gasteiger partial charge in [-0.25, -0.2) is 9.37 Å². The Bertz CT molecular complexity index is 968. The van der Waals surface area contributed by atoms with Gasteiger partial charge in [0.05, 0.1) is 17.9 Å². The van der Waals surface area contributed by atoms with E-state index in [9.17, 15) is 9.18 Å². The van der Waals surface area contributed by atoms with E-state index < -0.39 is 5.82 Å². The monoisotopic (exact) mass is 401 g/mol. The number of rotatable bonds is 5. The maximum absolute atomic E-state index is 14.2. The Morgan fingerprint density at radius 3 is 2.78 bits per heavy atom. The smallest absolute Gasteiger partial charge is 0.266 e. The molecule has 1 amide bonds. The quantitative estimate of drug-likeness (QED) is 0.596. The Morgan fingerprint density at radius 1 is 1.30 bits per heavy atom. The number of carbonyl (C=O) groups excluding carboxylic acids is 1. The van der Waals surface area contributed by atoms with Crippen molar-refractivity contribution in [3.05, 3.63) is 69.6 Å². The number of benzene rings is 1. The number of thiazole rings is 1. The van der Waals surface area contributed by atoms with Crippen LogP contribution in [0.1, 0.15) is 33.8 Å². The lowest BCUT2D eigenvalue weighted by Gasteiger charge is -2.23. The molecule has 0 spiro atoms. The molecule has 0 saturated heterocycles. The molecule has 0 N–H and O–H groups in total. The number of aromatic nitrogens is 2. The van der Waals surface area contributed by atoms with E-state index in [2.05, 4.69) is 9.97 Å². The first-order chi connectivity index (χ1) is 13.0. The summed E-state index contributed by atoms with van der Waals surface area (Å²) in [5, 5.41) is 1.04. The molecule has 27 heavy (non-hydrogen) atoms. The summed E-state index contributed by atoms with van der Waals surface area (Å²) in [5.74, 6) is -0.523. The van der Waals surface area contributed by atoms with Crippen molar-refractivity contribution >= 4 is 28.8 Å². The van der Waals surface area contributed by atoms with Gasteiger partial charge in [-0.05, 0) is 44.0 Å². The van der Waals surface area contributed by atoms with E-state index in [4.69, 9.17) is 11.6 Å². The summed E-state index contributed by atoms with van der Waals surface area (Å²) in [6.45, 7) is 1.97. The van der Waals surface area contributed by atoms with Gasteiger partial charge >= 0.3 is 0 Å². The van der Waals surface area contributed by atoms with E-state index >= 15 is 0 Å². The Hall–Kier alpha value is -2.31. The van der Waals surface area contributed by atoms with Crippen LogP contribution in [0.2, 0.25) is 5.02 Å². The third-order valence-electron chi connectivity index (χ3n) is 4.51. The summed E-state index contributed by atoms with van der Waals surface area (Å²) in [6.07, 6.45) is 3.54. The summed E-state index contributed by atoms with van der Waals surface area (Å²) in [5.41, 5.74) is 1.75. The molecule has 1 fully saturated rings. The number of aryl methyl sites for hydroxylation is 1. The van der Waals surface area contributed by atoms with E-state index in [-0.39, 0.29) is 18.5 Å². The minimum atomic E-state index is -0.392. The average Bonchev–Trinajstić information content (AvgIpc) is 3.43. The van der Waals surface area contributed by atoms with E-state index in [1.807, 2.05) is 25.1 Å². The second kappa shape index (κ2) is 7.37. The van der Waals surface area contributed by atoms with Crippen LogP contribution in [0.15, 0.2) is 42.6 Å². The molecule has 1 aromatic carbocycles. The fourth-order valence-electron chi connectivity index (χ4n) is 2.93. The van der Waals surface area contributed by atoms with Crippen LogP contribution in [0, 0.1) is 12.7 Å². The lowest BCUT2D eigenvalue weighted by atomic mass is 10.2. The summed E-state index contributed by atoms with van der Waals surface area (Å²) in [7, 11) is 0. The van der Waals surface area contributed by atoms with E-state index in [1.54, 1.807) is 23.2 Å². The maximum atomic E-state index is 14.2. The molecular weight excluding hydrogens is 385 g/mol. The van der Waals surface area contributed by atoms with E-state index in [0.29, 0.717) is 26.2 Å². The third-order valence-corrected chi connectivity index (χ3v) is 6.04. The molecule has 0 aliphatic heterocycles. The van der Waals surface area contributed by atoms with Crippen LogP contribution in [-0.2, 0) is 6.54 Å². The number of hydrogen-bond donors (Lipinski definition) is 0. The molecule has 7 heteroatoms. The van der Waals surface area contributed by atoms with Gasteiger partial charge in [-0.15, -0.1) is 11.3 Å². The van der Waals surface area contributed by atoms with Gasteiger partial charge < -0.3 is 4.90 Å². The second-order valence-electron chi connectivity index (χ2n) is 6.51. The first kappa shape index (κ1) is 18.1. The molecule has 2 aromatic heterocycles. The zero-order chi connectivity index (χ0) is 19.0. The first-order valence-corrected chi connectivity index (χ1v) is 9.86. The van der Waals surface area contributed by atoms with Crippen molar-refractivity contribution in [2.45, 2.75) is 32.4 Å². The molecule has 0 bridgehead atoms. The van der Waals surface area contributed by atoms with Crippen LogP contribution < -0.4 is 0 Å². The highest BCUT2D eigenvalue weighted by Crippen LogP contribution is 2.34. The Kier molecular flexibility index (Phi) is 4.93. The van der Waals surface area contributed by atoms with Crippen molar-refractivity contribution in [2.75, 3.05) is 0 Å². The summed E-state index contributed by atoms with van der Waals surface area (Å²) in [6, 6.07) is 10.3. The number of carbonyl (C=O) groups is 1. The molecule has 4 rings (SSSR count). The number of halogens is 2. The number of pyridine rings is 1. The number of amides is 1. The molecule has 2 heterocycles. The van der Waals surface area contributed by atoms with Crippen molar-refractivity contribution < 1.29 is 9.18 Å². The van der Waals surface area contributed by atoms with Crippen molar-refractivity contribution in [2.24, 2.45) is 0 Å². The van der Waals surface area contributed by atoms with Crippen LogP contribution in [-0.4, -0.2) is 26.8 Å². The molecule has 1 saturated carbocycles. The van der Waals surface area contributed by atoms with Crippen LogP contribution in [0.4, 0.5) is 4.39 Å². The standard InChI is InChI=1S/C20H17ClFN3OS/c1-12-18(27-19(24-12)17-7-2-3-10-23-17)20(26)25(13-8-9-13)11-14-15(21)5-4-6-16(14)22/h2-7,10,13H,8-9,11H2,1H3. The SMILES string of the molecule is Cc1nc(-c2ccccn2)sc1C(=O)N(Cc1c(F)cccc1Cl)C1CC1. The number of hydrogen-bond acceptors (Lipinski definition) is 4. The minimum Gasteiger partial charge on any atom is -0.330 e. The predicted molar refractivity (Wildman–Crippen MR) is 104 cm³/mol. The highest BCUT2D eigenvalue weighted by molar-refractivity contribution is 7.17. The maximum Gasteiger partial charge on any atom is 0.266 e. The van der Waals surface area contributed by atoms with Crippen LogP contribution in [0.25, 0.3) is 10.7 Å². The Labute approximate surface area is 165 Å². The second-order valence-corrected chi connectivity index (χ2v) is 7.92. The third kappa shape index (κ3) is 3.73. The van der Waals surface area contributed by atoms with Gasteiger partial charge in [0.25, 0.3) is 5.91 Å². The average molecular weight is 402 g/mol. The molecule has 1 aliphatic rings. The highest BCUT2D eigenvalue weighted by atomic mass is 35.5. The van der Waals surface area contributed by atoms with Gasteiger partial charge in [0.15, 0.2) is 0 Å². The summed E-state index contributed by atoms with van der Waals surface area (Å²) in [4.78, 5) is 24.3.